The van der Waals surface area contributed by atoms with E-state index < -0.39 is 0 Å². The summed E-state index contributed by atoms with van der Waals surface area (Å²) in [6.07, 6.45) is 58.9. The molecule has 2 heteroatoms. The highest BCUT2D eigenvalue weighted by molar-refractivity contribution is 4.97. The third-order valence-electron chi connectivity index (χ3n) is 11.1. The van der Waals surface area contributed by atoms with Crippen LogP contribution in [0.3, 0.4) is 0 Å². The van der Waals surface area contributed by atoms with E-state index in [2.05, 4.69) is 43.0 Å². The second kappa shape index (κ2) is 36.6. The van der Waals surface area contributed by atoms with E-state index in [1.807, 2.05) is 0 Å². The van der Waals surface area contributed by atoms with E-state index in [-0.39, 0.29) is 0 Å². The Hall–Kier alpha value is -0.660. The minimum atomic E-state index is 0.638. The summed E-state index contributed by atoms with van der Waals surface area (Å²) in [5.74, 6) is 0. The highest BCUT2D eigenvalue weighted by atomic mass is 15.4. The molecule has 280 valence electrons. The second-order valence-corrected chi connectivity index (χ2v) is 15.7. The Labute approximate surface area is 299 Å². The molecule has 0 radical (unpaired) electrons. The van der Waals surface area contributed by atoms with Gasteiger partial charge in [0.05, 0.1) is 0 Å². The van der Waals surface area contributed by atoms with Crippen molar-refractivity contribution in [3.63, 3.8) is 0 Å². The summed E-state index contributed by atoms with van der Waals surface area (Å²) in [6.45, 7) is 9.49. The van der Waals surface area contributed by atoms with Crippen LogP contribution in [0, 0.1) is 0 Å². The fourth-order valence-electron chi connectivity index (χ4n) is 7.78. The zero-order valence-corrected chi connectivity index (χ0v) is 33.2. The first-order valence-corrected chi connectivity index (χ1v) is 22.5. The third kappa shape index (κ3) is 28.8. The molecule has 0 fully saturated rings. The summed E-state index contributed by atoms with van der Waals surface area (Å²) in [7, 11) is 0. The summed E-state index contributed by atoms with van der Waals surface area (Å²) in [4.78, 5) is 5.46. The van der Waals surface area contributed by atoms with Crippen molar-refractivity contribution in [3.8, 4) is 0 Å². The van der Waals surface area contributed by atoms with Crippen LogP contribution in [-0.4, -0.2) is 29.1 Å². The molecular formula is C45H90N2. The molecule has 1 heterocycles. The van der Waals surface area contributed by atoms with Gasteiger partial charge in [0.2, 0.25) is 0 Å². The van der Waals surface area contributed by atoms with E-state index in [1.54, 1.807) is 0 Å². The molecule has 1 aliphatic rings. The zero-order chi connectivity index (χ0) is 33.7. The molecule has 0 aromatic rings. The molecule has 0 bridgehead atoms. The van der Waals surface area contributed by atoms with Crippen LogP contribution in [0.15, 0.2) is 12.4 Å². The minimum absolute atomic E-state index is 0.638. The smallest absolute Gasteiger partial charge is 0.101 e. The van der Waals surface area contributed by atoms with Gasteiger partial charge in [-0.1, -0.05) is 233 Å². The summed E-state index contributed by atoms with van der Waals surface area (Å²) in [5.41, 5.74) is 0. The third-order valence-corrected chi connectivity index (χ3v) is 11.1. The van der Waals surface area contributed by atoms with Crippen LogP contribution in [-0.2, 0) is 0 Å². The van der Waals surface area contributed by atoms with Gasteiger partial charge in [-0.3, -0.25) is 0 Å². The maximum atomic E-state index is 2.73. The largest absolute Gasteiger partial charge is 0.356 e. The summed E-state index contributed by atoms with van der Waals surface area (Å²) in [6, 6.07) is 0. The van der Waals surface area contributed by atoms with E-state index in [4.69, 9.17) is 0 Å². The average Bonchev–Trinajstić information content (AvgIpc) is 3.47. The lowest BCUT2D eigenvalue weighted by Gasteiger charge is -2.33. The lowest BCUT2D eigenvalue weighted by atomic mass is 10.0. The second-order valence-electron chi connectivity index (χ2n) is 15.7. The van der Waals surface area contributed by atoms with Gasteiger partial charge >= 0.3 is 0 Å². The minimum Gasteiger partial charge on any atom is -0.356 e. The van der Waals surface area contributed by atoms with Crippen molar-refractivity contribution in [2.75, 3.05) is 13.1 Å². The first-order chi connectivity index (χ1) is 23.3. The zero-order valence-electron chi connectivity index (χ0n) is 33.2. The Balaban J connectivity index is 2.21. The van der Waals surface area contributed by atoms with E-state index in [0.29, 0.717) is 6.17 Å². The predicted molar refractivity (Wildman–Crippen MR) is 214 cm³/mol. The fraction of sp³-hybridized carbons (Fsp3) is 0.956. The molecule has 0 N–H and O–H groups in total. The first kappa shape index (κ1) is 44.4. The molecule has 1 atom stereocenters. The van der Waals surface area contributed by atoms with Crippen LogP contribution < -0.4 is 0 Å². The number of nitrogens with zero attached hydrogens (tertiary/aromatic N) is 2. The SMILES string of the molecule is CCCCCCCCCCCCCCCCN1C=CN(CCCCCCCCCCCC)C1CCCCCCCCCCCCCC. The van der Waals surface area contributed by atoms with Crippen LogP contribution >= 0.6 is 0 Å². The number of unbranched alkanes of at least 4 members (excludes halogenated alkanes) is 33. The summed E-state index contributed by atoms with van der Waals surface area (Å²) in [5, 5.41) is 0. The van der Waals surface area contributed by atoms with Crippen molar-refractivity contribution >= 4 is 0 Å². The quantitative estimate of drug-likeness (QED) is 0.0606. The Morgan fingerprint density at radius 2 is 0.489 bits per heavy atom. The molecule has 0 aromatic heterocycles. The van der Waals surface area contributed by atoms with Crippen LogP contribution in [0.4, 0.5) is 0 Å². The highest BCUT2D eigenvalue weighted by Crippen LogP contribution is 2.24. The van der Waals surface area contributed by atoms with Gasteiger partial charge in [-0.05, 0) is 25.7 Å². The number of hydrogen-bond donors (Lipinski definition) is 0. The van der Waals surface area contributed by atoms with Gasteiger partial charge < -0.3 is 9.80 Å². The summed E-state index contributed by atoms with van der Waals surface area (Å²) < 4.78 is 0. The molecule has 0 spiro atoms. The molecule has 0 amide bonds. The molecule has 0 saturated carbocycles. The van der Waals surface area contributed by atoms with Crippen LogP contribution in [0.25, 0.3) is 0 Å². The molecule has 2 nitrogen and oxygen atoms in total. The van der Waals surface area contributed by atoms with E-state index in [9.17, 15) is 0 Å². The van der Waals surface area contributed by atoms with Crippen molar-refractivity contribution in [2.24, 2.45) is 0 Å². The van der Waals surface area contributed by atoms with Gasteiger partial charge in [0, 0.05) is 25.5 Å². The Morgan fingerprint density at radius 3 is 0.745 bits per heavy atom. The summed E-state index contributed by atoms with van der Waals surface area (Å²) >= 11 is 0. The molecule has 47 heavy (non-hydrogen) atoms. The normalized spacial score (nSPS) is 14.7. The lowest BCUT2D eigenvalue weighted by molar-refractivity contribution is 0.135. The van der Waals surface area contributed by atoms with Gasteiger partial charge in [-0.2, -0.15) is 0 Å². The fourth-order valence-corrected chi connectivity index (χ4v) is 7.78. The van der Waals surface area contributed by atoms with Gasteiger partial charge in [-0.25, -0.2) is 0 Å². The molecule has 1 unspecified atom stereocenters. The molecule has 1 rings (SSSR count). The van der Waals surface area contributed by atoms with Crippen LogP contribution in [0.2, 0.25) is 0 Å². The van der Waals surface area contributed by atoms with Crippen LogP contribution in [0.1, 0.15) is 258 Å². The van der Waals surface area contributed by atoms with Crippen molar-refractivity contribution in [1.29, 1.82) is 0 Å². The number of rotatable bonds is 39. The monoisotopic (exact) mass is 659 g/mol. The topological polar surface area (TPSA) is 6.48 Å². The standard InChI is InChI=1S/C45H90N2/c1-4-7-10-13-16-19-22-24-25-27-30-33-36-39-42-47-44-43-46(41-38-35-32-29-21-18-15-12-9-6-3)45(47)40-37-34-31-28-26-23-20-17-14-11-8-5-2/h43-45H,4-42H2,1-3H3. The van der Waals surface area contributed by atoms with E-state index in [0.717, 1.165) is 0 Å². The maximum Gasteiger partial charge on any atom is 0.101 e. The van der Waals surface area contributed by atoms with Crippen molar-refractivity contribution in [2.45, 2.75) is 265 Å². The maximum absolute atomic E-state index is 2.73. The Morgan fingerprint density at radius 1 is 0.277 bits per heavy atom. The van der Waals surface area contributed by atoms with Crippen molar-refractivity contribution in [3.05, 3.63) is 12.4 Å². The van der Waals surface area contributed by atoms with Crippen molar-refractivity contribution in [1.82, 2.24) is 9.80 Å². The number of hydrogen-bond acceptors (Lipinski definition) is 2. The molecule has 1 aliphatic heterocycles. The highest BCUT2D eigenvalue weighted by Gasteiger charge is 2.24. The molecule has 0 aliphatic carbocycles. The van der Waals surface area contributed by atoms with Gasteiger partial charge in [0.15, 0.2) is 0 Å². The Bertz CT molecular complexity index is 615. The lowest BCUT2D eigenvalue weighted by Crippen LogP contribution is -2.39. The first-order valence-electron chi connectivity index (χ1n) is 22.5. The van der Waals surface area contributed by atoms with E-state index >= 15 is 0 Å². The van der Waals surface area contributed by atoms with E-state index in [1.165, 1.54) is 251 Å². The van der Waals surface area contributed by atoms with Gasteiger partial charge in [0.1, 0.15) is 6.17 Å². The molecular weight excluding hydrogens is 569 g/mol. The predicted octanol–water partition coefficient (Wildman–Crippen LogP) is 15.9. The van der Waals surface area contributed by atoms with Crippen LogP contribution in [0.5, 0.6) is 0 Å². The molecule has 0 aromatic carbocycles. The average molecular weight is 659 g/mol. The van der Waals surface area contributed by atoms with Crippen molar-refractivity contribution < 1.29 is 0 Å². The molecule has 0 saturated heterocycles. The van der Waals surface area contributed by atoms with Gasteiger partial charge in [-0.15, -0.1) is 0 Å². The Kier molecular flexibility index (Phi) is 34.6. The van der Waals surface area contributed by atoms with Gasteiger partial charge in [0.25, 0.3) is 0 Å².